The third kappa shape index (κ3) is 3.95. The van der Waals surface area contributed by atoms with Crippen LogP contribution in [0.1, 0.15) is 5.56 Å². The van der Waals surface area contributed by atoms with Crippen molar-refractivity contribution < 1.29 is 9.29 Å². The minimum Gasteiger partial charge on any atom is -0.616 e. The zero-order valence-electron chi connectivity index (χ0n) is 15.9. The number of hydrogen-bond donors (Lipinski definition) is 0. The molecule has 0 aliphatic carbocycles. The molecule has 0 bridgehead atoms. The van der Waals surface area contributed by atoms with Crippen LogP contribution in [0.4, 0.5) is 11.8 Å². The molecule has 9 heteroatoms. The first-order chi connectivity index (χ1) is 13.6. The zero-order valence-corrected chi connectivity index (χ0v) is 16.7. The molecule has 0 saturated carbocycles. The fraction of sp³-hybridized carbons (Fsp3) is 0.368. The SMILES string of the molecule is CN(C)c1nc(N2CC[S+]([O-])CC2)c2ncnc(OCc3ccccc3)c2n1. The molecule has 1 aliphatic heterocycles. The predicted molar refractivity (Wildman–Crippen MR) is 110 cm³/mol. The number of ether oxygens (including phenoxy) is 1. The summed E-state index contributed by atoms with van der Waals surface area (Å²) in [5.74, 6) is 2.99. The lowest BCUT2D eigenvalue weighted by Gasteiger charge is -2.30. The summed E-state index contributed by atoms with van der Waals surface area (Å²) in [4.78, 5) is 22.1. The number of benzene rings is 1. The number of anilines is 2. The van der Waals surface area contributed by atoms with Gasteiger partial charge in [-0.25, -0.2) is 9.97 Å². The van der Waals surface area contributed by atoms with Crippen LogP contribution >= 0.6 is 0 Å². The van der Waals surface area contributed by atoms with Gasteiger partial charge in [-0.2, -0.15) is 9.97 Å². The smallest absolute Gasteiger partial charge is 0.244 e. The van der Waals surface area contributed by atoms with Gasteiger partial charge in [0.15, 0.2) is 11.3 Å². The summed E-state index contributed by atoms with van der Waals surface area (Å²) in [6, 6.07) is 9.92. The molecular formula is C19H22N6O2S. The van der Waals surface area contributed by atoms with Gasteiger partial charge in [0.1, 0.15) is 30.0 Å². The van der Waals surface area contributed by atoms with E-state index in [9.17, 15) is 4.55 Å². The summed E-state index contributed by atoms with van der Waals surface area (Å²) in [6.07, 6.45) is 1.48. The van der Waals surface area contributed by atoms with Crippen molar-refractivity contribution in [3.63, 3.8) is 0 Å². The van der Waals surface area contributed by atoms with Gasteiger partial charge >= 0.3 is 0 Å². The second kappa shape index (κ2) is 8.15. The van der Waals surface area contributed by atoms with Gasteiger partial charge in [-0.15, -0.1) is 0 Å². The van der Waals surface area contributed by atoms with E-state index in [1.165, 1.54) is 6.33 Å². The number of aromatic nitrogens is 4. The maximum Gasteiger partial charge on any atom is 0.244 e. The van der Waals surface area contributed by atoms with Crippen LogP contribution in [0, 0.1) is 0 Å². The van der Waals surface area contributed by atoms with Crippen molar-refractivity contribution in [2.24, 2.45) is 0 Å². The van der Waals surface area contributed by atoms with Gasteiger partial charge in [0.05, 0.1) is 13.1 Å². The third-order valence-corrected chi connectivity index (χ3v) is 5.79. The molecule has 0 spiro atoms. The van der Waals surface area contributed by atoms with Gasteiger partial charge in [0.2, 0.25) is 11.8 Å². The molecule has 1 fully saturated rings. The Morgan fingerprint density at radius 1 is 1.07 bits per heavy atom. The van der Waals surface area contributed by atoms with Crippen molar-refractivity contribution >= 4 is 34.0 Å². The summed E-state index contributed by atoms with van der Waals surface area (Å²) >= 11 is -0.764. The van der Waals surface area contributed by atoms with Crippen LogP contribution in [-0.4, -0.2) is 63.2 Å². The van der Waals surface area contributed by atoms with Crippen molar-refractivity contribution in [1.82, 2.24) is 19.9 Å². The lowest BCUT2D eigenvalue weighted by Crippen LogP contribution is -2.41. The van der Waals surface area contributed by atoms with Crippen molar-refractivity contribution in [3.8, 4) is 5.88 Å². The van der Waals surface area contributed by atoms with Crippen LogP contribution in [0.2, 0.25) is 0 Å². The summed E-state index contributed by atoms with van der Waals surface area (Å²) in [5.41, 5.74) is 2.28. The fourth-order valence-corrected chi connectivity index (χ4v) is 4.05. The van der Waals surface area contributed by atoms with E-state index >= 15 is 0 Å². The van der Waals surface area contributed by atoms with E-state index in [4.69, 9.17) is 9.72 Å². The first-order valence-corrected chi connectivity index (χ1v) is 10.6. The first-order valence-electron chi connectivity index (χ1n) is 9.08. The minimum absolute atomic E-state index is 0.395. The van der Waals surface area contributed by atoms with E-state index < -0.39 is 11.2 Å². The molecule has 4 rings (SSSR count). The summed E-state index contributed by atoms with van der Waals surface area (Å²) in [5, 5.41) is 0. The van der Waals surface area contributed by atoms with Crippen molar-refractivity contribution in [1.29, 1.82) is 0 Å². The Balaban J connectivity index is 1.73. The average Bonchev–Trinajstić information content (AvgIpc) is 2.72. The van der Waals surface area contributed by atoms with E-state index in [1.54, 1.807) is 0 Å². The molecule has 0 amide bonds. The van der Waals surface area contributed by atoms with Crippen LogP contribution in [-0.2, 0) is 17.8 Å². The maximum absolute atomic E-state index is 11.8. The van der Waals surface area contributed by atoms with E-state index in [2.05, 4.69) is 19.9 Å². The largest absolute Gasteiger partial charge is 0.616 e. The van der Waals surface area contributed by atoms with Crippen LogP contribution in [0.3, 0.4) is 0 Å². The Hall–Kier alpha value is -2.65. The normalized spacial score (nSPS) is 15.0. The van der Waals surface area contributed by atoms with E-state index in [-0.39, 0.29) is 0 Å². The molecule has 2 aromatic heterocycles. The summed E-state index contributed by atoms with van der Waals surface area (Å²) < 4.78 is 17.7. The maximum atomic E-state index is 11.8. The molecule has 0 radical (unpaired) electrons. The number of hydrogen-bond acceptors (Lipinski definition) is 8. The summed E-state index contributed by atoms with van der Waals surface area (Å²) in [6.45, 7) is 1.75. The van der Waals surface area contributed by atoms with Gasteiger partial charge in [0.25, 0.3) is 0 Å². The second-order valence-electron chi connectivity index (χ2n) is 6.73. The molecule has 28 heavy (non-hydrogen) atoms. The monoisotopic (exact) mass is 398 g/mol. The fourth-order valence-electron chi connectivity index (χ4n) is 3.00. The van der Waals surface area contributed by atoms with Crippen molar-refractivity contribution in [3.05, 3.63) is 42.2 Å². The van der Waals surface area contributed by atoms with Crippen LogP contribution in [0.5, 0.6) is 5.88 Å². The highest BCUT2D eigenvalue weighted by Gasteiger charge is 2.25. The highest BCUT2D eigenvalue weighted by molar-refractivity contribution is 7.91. The third-order valence-electron chi connectivity index (χ3n) is 4.51. The molecule has 0 N–H and O–H groups in total. The van der Waals surface area contributed by atoms with Crippen LogP contribution in [0.25, 0.3) is 11.0 Å². The molecule has 3 heterocycles. The molecule has 146 valence electrons. The molecule has 0 unspecified atom stereocenters. The zero-order chi connectivity index (χ0) is 19.5. The van der Waals surface area contributed by atoms with Crippen LogP contribution in [0.15, 0.2) is 36.7 Å². The second-order valence-corrected chi connectivity index (χ2v) is 8.42. The average molecular weight is 398 g/mol. The molecule has 1 saturated heterocycles. The number of nitrogens with zero attached hydrogens (tertiary/aromatic N) is 6. The lowest BCUT2D eigenvalue weighted by atomic mass is 10.2. The quantitative estimate of drug-likeness (QED) is 0.599. The molecule has 1 aromatic carbocycles. The first kappa shape index (κ1) is 18.7. The van der Waals surface area contributed by atoms with Crippen LogP contribution < -0.4 is 14.5 Å². The molecule has 1 aliphatic rings. The molecule has 0 atom stereocenters. The highest BCUT2D eigenvalue weighted by atomic mass is 32.2. The van der Waals surface area contributed by atoms with Gasteiger partial charge in [0, 0.05) is 14.1 Å². The lowest BCUT2D eigenvalue weighted by molar-refractivity contribution is 0.297. The van der Waals surface area contributed by atoms with Gasteiger partial charge in [-0.05, 0) is 5.56 Å². The van der Waals surface area contributed by atoms with E-state index in [0.717, 1.165) is 11.4 Å². The topological polar surface area (TPSA) is 90.3 Å². The molecule has 8 nitrogen and oxygen atoms in total. The highest BCUT2D eigenvalue weighted by Crippen LogP contribution is 2.30. The number of rotatable bonds is 5. The molecular weight excluding hydrogens is 376 g/mol. The number of fused-ring (bicyclic) bond motifs is 1. The predicted octanol–water partition coefficient (Wildman–Crippen LogP) is 1.63. The Morgan fingerprint density at radius 3 is 2.54 bits per heavy atom. The van der Waals surface area contributed by atoms with Gasteiger partial charge in [-0.3, -0.25) is 0 Å². The van der Waals surface area contributed by atoms with E-state index in [1.807, 2.05) is 49.3 Å². The Kier molecular flexibility index (Phi) is 5.45. The Morgan fingerprint density at radius 2 is 1.82 bits per heavy atom. The van der Waals surface area contributed by atoms with Gasteiger partial charge < -0.3 is 19.1 Å². The standard InChI is InChI=1S/C19H22N6O2S/c1-24(2)19-22-16-15(17(23-19)25-8-10-28(26)11-9-25)20-13-21-18(16)27-12-14-6-4-3-5-7-14/h3-7,13H,8-12H2,1-2H3. The van der Waals surface area contributed by atoms with Crippen molar-refractivity contribution in [2.75, 3.05) is 48.5 Å². The minimum atomic E-state index is -0.764. The Labute approximate surface area is 166 Å². The van der Waals surface area contributed by atoms with E-state index in [0.29, 0.717) is 54.1 Å². The van der Waals surface area contributed by atoms with Crippen molar-refractivity contribution in [2.45, 2.75) is 6.61 Å². The molecule has 3 aromatic rings. The van der Waals surface area contributed by atoms with Gasteiger partial charge in [-0.1, -0.05) is 41.5 Å². The summed E-state index contributed by atoms with van der Waals surface area (Å²) in [7, 11) is 3.79. The Bertz CT molecular complexity index is 948.